The van der Waals surface area contributed by atoms with E-state index >= 15 is 0 Å². The van der Waals surface area contributed by atoms with Gasteiger partial charge >= 0.3 is 0 Å². The lowest BCUT2D eigenvalue weighted by molar-refractivity contribution is 0.100. The van der Waals surface area contributed by atoms with Crippen molar-refractivity contribution in [2.45, 2.75) is 17.6 Å². The first-order chi connectivity index (χ1) is 9.79. The van der Waals surface area contributed by atoms with Gasteiger partial charge in [-0.15, -0.1) is 0 Å². The van der Waals surface area contributed by atoms with Crippen LogP contribution >= 0.6 is 0 Å². The Morgan fingerprint density at radius 1 is 1.10 bits per heavy atom. The molecule has 0 atom stereocenters. The van der Waals surface area contributed by atoms with Crippen molar-refractivity contribution in [3.05, 3.63) is 59.2 Å². The Bertz CT molecular complexity index is 781. The molecule has 0 radical (unpaired) electrons. The van der Waals surface area contributed by atoms with Gasteiger partial charge in [-0.1, -0.05) is 12.1 Å². The molecule has 0 bridgehead atoms. The van der Waals surface area contributed by atoms with Gasteiger partial charge < -0.3 is 11.5 Å². The minimum absolute atomic E-state index is 0.143. The van der Waals surface area contributed by atoms with E-state index in [1.165, 1.54) is 18.2 Å². The molecule has 0 aliphatic rings. The van der Waals surface area contributed by atoms with Crippen LogP contribution in [0.4, 0.5) is 5.69 Å². The van der Waals surface area contributed by atoms with E-state index < -0.39 is 15.7 Å². The number of hydrogen-bond donors (Lipinski definition) is 2. The number of anilines is 1. The molecule has 4 N–H and O–H groups in total. The minimum atomic E-state index is -3.46. The summed E-state index contributed by atoms with van der Waals surface area (Å²) in [5.74, 6) is -0.686. The lowest BCUT2D eigenvalue weighted by Crippen LogP contribution is -2.11. The molecule has 2 aromatic rings. The van der Waals surface area contributed by atoms with Gasteiger partial charge in [0.25, 0.3) is 0 Å². The second-order valence-corrected chi connectivity index (χ2v) is 6.83. The fourth-order valence-electron chi connectivity index (χ4n) is 1.91. The number of primary amides is 1. The third-order valence-corrected chi connectivity index (χ3v) is 4.88. The van der Waals surface area contributed by atoms with E-state index in [0.29, 0.717) is 16.8 Å². The molecule has 0 saturated carbocycles. The lowest BCUT2D eigenvalue weighted by Gasteiger charge is -2.07. The number of nitrogens with two attached hydrogens (primary N) is 2. The van der Waals surface area contributed by atoms with Gasteiger partial charge in [-0.3, -0.25) is 4.79 Å². The first kappa shape index (κ1) is 15.1. The Morgan fingerprint density at radius 2 is 1.71 bits per heavy atom. The highest BCUT2D eigenvalue weighted by atomic mass is 32.2. The summed E-state index contributed by atoms with van der Waals surface area (Å²) in [5, 5.41) is 0. The van der Waals surface area contributed by atoms with Crippen LogP contribution in [0.3, 0.4) is 0 Å². The topological polar surface area (TPSA) is 103 Å². The molecule has 21 heavy (non-hydrogen) atoms. The largest absolute Gasteiger partial charge is 0.399 e. The minimum Gasteiger partial charge on any atom is -0.399 e. The highest BCUT2D eigenvalue weighted by Gasteiger charge is 2.16. The predicted molar refractivity (Wildman–Crippen MR) is 81.4 cm³/mol. The molecular formula is C15H16N2O3S. The first-order valence-corrected chi connectivity index (χ1v) is 7.92. The number of sulfone groups is 1. The summed E-state index contributed by atoms with van der Waals surface area (Å²) in [6, 6.07) is 10.8. The Kier molecular flexibility index (Phi) is 3.99. The van der Waals surface area contributed by atoms with Crippen molar-refractivity contribution in [1.82, 2.24) is 0 Å². The number of hydrogen-bond acceptors (Lipinski definition) is 4. The number of rotatable bonds is 4. The van der Waals surface area contributed by atoms with Crippen molar-refractivity contribution >= 4 is 21.4 Å². The molecule has 5 nitrogen and oxygen atoms in total. The molecule has 0 aliphatic carbocycles. The van der Waals surface area contributed by atoms with Crippen LogP contribution in [0.1, 0.15) is 21.5 Å². The van der Waals surface area contributed by atoms with Crippen LogP contribution in [0.25, 0.3) is 0 Å². The fourth-order valence-corrected chi connectivity index (χ4v) is 3.34. The lowest BCUT2D eigenvalue weighted by atomic mass is 10.1. The van der Waals surface area contributed by atoms with E-state index in [-0.39, 0.29) is 10.6 Å². The molecule has 0 unspecified atom stereocenters. The molecule has 2 aromatic carbocycles. The van der Waals surface area contributed by atoms with Crippen molar-refractivity contribution in [1.29, 1.82) is 0 Å². The summed E-state index contributed by atoms with van der Waals surface area (Å²) in [6.45, 7) is 1.76. The molecule has 6 heteroatoms. The Balaban J connectivity index is 2.28. The third kappa shape index (κ3) is 3.41. The maximum Gasteiger partial charge on any atom is 0.248 e. The predicted octanol–water partition coefficient (Wildman–Crippen LogP) is 1.65. The number of amides is 1. The van der Waals surface area contributed by atoms with Gasteiger partial charge in [0.2, 0.25) is 5.91 Å². The number of aryl methyl sites for hydroxylation is 1. The molecule has 2 rings (SSSR count). The zero-order valence-corrected chi connectivity index (χ0v) is 12.4. The normalized spacial score (nSPS) is 11.3. The van der Waals surface area contributed by atoms with Crippen molar-refractivity contribution in [2.75, 3.05) is 5.73 Å². The fraction of sp³-hybridized carbons (Fsp3) is 0.133. The molecule has 110 valence electrons. The van der Waals surface area contributed by atoms with Crippen LogP contribution in [0.2, 0.25) is 0 Å². The summed E-state index contributed by atoms with van der Waals surface area (Å²) in [6.07, 6.45) is 0. The molecule has 0 aliphatic heterocycles. The van der Waals surface area contributed by atoms with Crippen LogP contribution < -0.4 is 11.5 Å². The van der Waals surface area contributed by atoms with Gasteiger partial charge in [-0.05, 0) is 48.4 Å². The molecule has 0 spiro atoms. The van der Waals surface area contributed by atoms with Crippen LogP contribution in [0.15, 0.2) is 47.4 Å². The maximum absolute atomic E-state index is 12.4. The summed E-state index contributed by atoms with van der Waals surface area (Å²) in [4.78, 5) is 11.2. The Morgan fingerprint density at radius 3 is 2.24 bits per heavy atom. The van der Waals surface area contributed by atoms with E-state index in [1.54, 1.807) is 31.2 Å². The zero-order valence-electron chi connectivity index (χ0n) is 11.5. The molecule has 1 amide bonds. The van der Waals surface area contributed by atoms with Gasteiger partial charge in [0.05, 0.1) is 10.6 Å². The van der Waals surface area contributed by atoms with Crippen molar-refractivity contribution < 1.29 is 13.2 Å². The van der Waals surface area contributed by atoms with Crippen molar-refractivity contribution in [3.8, 4) is 0 Å². The van der Waals surface area contributed by atoms with E-state index in [9.17, 15) is 13.2 Å². The highest BCUT2D eigenvalue weighted by molar-refractivity contribution is 7.90. The van der Waals surface area contributed by atoms with E-state index in [1.807, 2.05) is 0 Å². The number of nitrogen functional groups attached to an aromatic ring is 1. The van der Waals surface area contributed by atoms with Crippen molar-refractivity contribution in [3.63, 3.8) is 0 Å². The Hall–Kier alpha value is -2.34. The van der Waals surface area contributed by atoms with Crippen LogP contribution in [-0.4, -0.2) is 14.3 Å². The Labute approximate surface area is 123 Å². The maximum atomic E-state index is 12.4. The summed E-state index contributed by atoms with van der Waals surface area (Å²) >= 11 is 0. The molecule has 0 saturated heterocycles. The average Bonchev–Trinajstić information content (AvgIpc) is 2.42. The zero-order chi connectivity index (χ0) is 15.6. The molecule has 0 aromatic heterocycles. The summed E-state index contributed by atoms with van der Waals surface area (Å²) in [7, 11) is -3.46. The smallest absolute Gasteiger partial charge is 0.248 e. The van der Waals surface area contributed by atoms with Crippen LogP contribution in [0.5, 0.6) is 0 Å². The van der Waals surface area contributed by atoms with Crippen molar-refractivity contribution in [2.24, 2.45) is 5.73 Å². The van der Waals surface area contributed by atoms with Gasteiger partial charge in [-0.25, -0.2) is 8.42 Å². The second kappa shape index (κ2) is 5.57. The number of carbonyl (C=O) groups excluding carboxylic acids is 1. The SMILES string of the molecule is Cc1cc(S(=O)(=O)Cc2ccc(C(N)=O)cc2)ccc1N. The molecule has 0 fully saturated rings. The standard InChI is InChI=1S/C15H16N2O3S/c1-10-8-13(6-7-14(10)16)21(19,20)9-11-2-4-12(5-3-11)15(17)18/h2-8H,9,16H2,1H3,(H2,17,18). The highest BCUT2D eigenvalue weighted by Crippen LogP contribution is 2.21. The average molecular weight is 304 g/mol. The monoisotopic (exact) mass is 304 g/mol. The van der Waals surface area contributed by atoms with Crippen LogP contribution in [0, 0.1) is 6.92 Å². The quantitative estimate of drug-likeness (QED) is 0.838. The molecule has 0 heterocycles. The van der Waals surface area contributed by atoms with Gasteiger partial charge in [-0.2, -0.15) is 0 Å². The summed E-state index contributed by atoms with van der Waals surface area (Å²) in [5.41, 5.74) is 13.1. The van der Waals surface area contributed by atoms with E-state index in [0.717, 1.165) is 5.56 Å². The number of carbonyl (C=O) groups is 1. The van der Waals surface area contributed by atoms with E-state index in [4.69, 9.17) is 11.5 Å². The number of benzene rings is 2. The second-order valence-electron chi connectivity index (χ2n) is 4.84. The third-order valence-electron chi connectivity index (χ3n) is 3.20. The van der Waals surface area contributed by atoms with Gasteiger partial charge in [0, 0.05) is 11.3 Å². The first-order valence-electron chi connectivity index (χ1n) is 6.27. The molecular weight excluding hydrogens is 288 g/mol. The summed E-state index contributed by atoms with van der Waals surface area (Å²) < 4.78 is 24.7. The van der Waals surface area contributed by atoms with Crippen LogP contribution in [-0.2, 0) is 15.6 Å². The van der Waals surface area contributed by atoms with Gasteiger partial charge in [0.1, 0.15) is 0 Å². The van der Waals surface area contributed by atoms with Gasteiger partial charge in [0.15, 0.2) is 9.84 Å². The van der Waals surface area contributed by atoms with E-state index in [2.05, 4.69) is 0 Å².